The highest BCUT2D eigenvalue weighted by atomic mass is 16.5. The fraction of sp³-hybridized carbons (Fsp3) is 1.00. The Morgan fingerprint density at radius 3 is 2.33 bits per heavy atom. The summed E-state index contributed by atoms with van der Waals surface area (Å²) < 4.78 is 5.44. The highest BCUT2D eigenvalue weighted by Gasteiger charge is 2.19. The van der Waals surface area contributed by atoms with Gasteiger partial charge in [0.05, 0.1) is 5.60 Å². The van der Waals surface area contributed by atoms with Crippen LogP contribution in [0.15, 0.2) is 0 Å². The second kappa shape index (κ2) is 7.24. The van der Waals surface area contributed by atoms with Gasteiger partial charge in [-0.25, -0.2) is 0 Å². The third-order valence-electron chi connectivity index (χ3n) is 3.44. The van der Waals surface area contributed by atoms with Crippen LogP contribution in [0.3, 0.4) is 0 Å². The minimum Gasteiger partial charge on any atom is -0.379 e. The lowest BCUT2D eigenvalue weighted by molar-refractivity contribution is 0.0114. The Hall–Kier alpha value is -0.0800. The van der Waals surface area contributed by atoms with Crippen LogP contribution in [0.25, 0.3) is 0 Å². The summed E-state index contributed by atoms with van der Waals surface area (Å²) in [7, 11) is 3.86. The Bertz CT molecular complexity index is 157. The van der Waals surface area contributed by atoms with E-state index in [2.05, 4.69) is 40.1 Å². The van der Waals surface area contributed by atoms with Gasteiger partial charge in [0.25, 0.3) is 0 Å². The van der Waals surface area contributed by atoms with Crippen LogP contribution in [-0.4, -0.2) is 25.8 Å². The zero-order valence-electron chi connectivity index (χ0n) is 11.4. The Balaban J connectivity index is 3.89. The van der Waals surface area contributed by atoms with Crippen LogP contribution in [0.1, 0.15) is 53.4 Å². The lowest BCUT2D eigenvalue weighted by atomic mass is 9.92. The molecule has 0 heterocycles. The van der Waals surface area contributed by atoms with Gasteiger partial charge < -0.3 is 10.1 Å². The van der Waals surface area contributed by atoms with Crippen molar-refractivity contribution >= 4 is 0 Å². The first-order chi connectivity index (χ1) is 6.95. The van der Waals surface area contributed by atoms with Crippen molar-refractivity contribution in [3.63, 3.8) is 0 Å². The van der Waals surface area contributed by atoms with E-state index < -0.39 is 0 Å². The molecular weight excluding hydrogens is 186 g/mol. The van der Waals surface area contributed by atoms with Crippen molar-refractivity contribution in [3.05, 3.63) is 0 Å². The molecule has 0 aliphatic heterocycles. The minimum absolute atomic E-state index is 0.0184. The molecule has 0 saturated carbocycles. The van der Waals surface area contributed by atoms with Crippen LogP contribution < -0.4 is 5.32 Å². The standard InChI is InChI=1S/C13H29NO/c1-7-11(2)10-12(14-5)8-9-13(3,4)15-6/h11-12,14H,7-10H2,1-6H3. The van der Waals surface area contributed by atoms with E-state index in [-0.39, 0.29) is 5.60 Å². The lowest BCUT2D eigenvalue weighted by Gasteiger charge is -2.27. The van der Waals surface area contributed by atoms with Gasteiger partial charge in [0.15, 0.2) is 0 Å². The van der Waals surface area contributed by atoms with Crippen molar-refractivity contribution in [2.75, 3.05) is 14.2 Å². The molecule has 0 amide bonds. The minimum atomic E-state index is 0.0184. The van der Waals surface area contributed by atoms with Gasteiger partial charge in [-0.2, -0.15) is 0 Å². The van der Waals surface area contributed by atoms with Crippen molar-refractivity contribution in [3.8, 4) is 0 Å². The molecule has 15 heavy (non-hydrogen) atoms. The third kappa shape index (κ3) is 6.91. The highest BCUT2D eigenvalue weighted by molar-refractivity contribution is 4.74. The zero-order chi connectivity index (χ0) is 11.9. The van der Waals surface area contributed by atoms with Gasteiger partial charge in [-0.15, -0.1) is 0 Å². The lowest BCUT2D eigenvalue weighted by Crippen LogP contribution is -2.31. The molecule has 0 aromatic heterocycles. The summed E-state index contributed by atoms with van der Waals surface area (Å²) in [4.78, 5) is 0. The van der Waals surface area contributed by atoms with Crippen molar-refractivity contribution in [2.24, 2.45) is 5.92 Å². The molecule has 0 rings (SSSR count). The molecule has 1 N–H and O–H groups in total. The maximum absolute atomic E-state index is 5.44. The molecular formula is C13H29NO. The summed E-state index contributed by atoms with van der Waals surface area (Å²) in [5.74, 6) is 0.813. The largest absolute Gasteiger partial charge is 0.379 e. The summed E-state index contributed by atoms with van der Waals surface area (Å²) >= 11 is 0. The van der Waals surface area contributed by atoms with Crippen LogP contribution in [0, 0.1) is 5.92 Å². The van der Waals surface area contributed by atoms with Crippen LogP contribution in [0.5, 0.6) is 0 Å². The first-order valence-electron chi connectivity index (χ1n) is 6.17. The Morgan fingerprint density at radius 2 is 1.93 bits per heavy atom. The predicted molar refractivity (Wildman–Crippen MR) is 67.2 cm³/mol. The summed E-state index contributed by atoms with van der Waals surface area (Å²) in [5.41, 5.74) is 0.0184. The van der Waals surface area contributed by atoms with Crippen LogP contribution in [0.2, 0.25) is 0 Å². The SMILES string of the molecule is CCC(C)CC(CCC(C)(C)OC)NC. The van der Waals surface area contributed by atoms with Gasteiger partial charge in [-0.05, 0) is 46.1 Å². The third-order valence-corrected chi connectivity index (χ3v) is 3.44. The normalized spacial score (nSPS) is 16.4. The average molecular weight is 215 g/mol. The molecule has 0 aliphatic carbocycles. The van der Waals surface area contributed by atoms with E-state index in [0.29, 0.717) is 6.04 Å². The summed E-state index contributed by atoms with van der Waals surface area (Å²) in [5, 5.41) is 3.41. The molecule has 2 unspecified atom stereocenters. The number of hydrogen-bond donors (Lipinski definition) is 1. The molecule has 0 fully saturated rings. The summed E-state index contributed by atoms with van der Waals surface area (Å²) in [6, 6.07) is 0.634. The first-order valence-corrected chi connectivity index (χ1v) is 6.17. The maximum atomic E-state index is 5.44. The first kappa shape index (κ1) is 14.9. The number of ether oxygens (including phenoxy) is 1. The molecule has 92 valence electrons. The molecule has 0 aromatic carbocycles. The second-order valence-electron chi connectivity index (χ2n) is 5.24. The van der Waals surface area contributed by atoms with Crippen molar-refractivity contribution in [1.82, 2.24) is 5.32 Å². The van der Waals surface area contributed by atoms with Gasteiger partial charge >= 0.3 is 0 Å². The summed E-state index contributed by atoms with van der Waals surface area (Å²) in [6.07, 6.45) is 4.85. The van der Waals surface area contributed by atoms with Crippen LogP contribution in [-0.2, 0) is 4.74 Å². The van der Waals surface area contributed by atoms with Crippen molar-refractivity contribution in [2.45, 2.75) is 65.0 Å². The Morgan fingerprint density at radius 1 is 1.33 bits per heavy atom. The molecule has 0 spiro atoms. The molecule has 2 nitrogen and oxygen atoms in total. The Kier molecular flexibility index (Phi) is 7.20. The molecule has 0 bridgehead atoms. The number of hydrogen-bond acceptors (Lipinski definition) is 2. The van der Waals surface area contributed by atoms with E-state index in [1.165, 1.54) is 19.3 Å². The van der Waals surface area contributed by atoms with Gasteiger partial charge in [0.2, 0.25) is 0 Å². The monoisotopic (exact) mass is 215 g/mol. The van der Waals surface area contributed by atoms with Gasteiger partial charge in [-0.3, -0.25) is 0 Å². The Labute approximate surface area is 95.8 Å². The van der Waals surface area contributed by atoms with Crippen LogP contribution in [0.4, 0.5) is 0 Å². The molecule has 0 aromatic rings. The van der Waals surface area contributed by atoms with Crippen molar-refractivity contribution in [1.29, 1.82) is 0 Å². The second-order valence-corrected chi connectivity index (χ2v) is 5.24. The number of methoxy groups -OCH3 is 1. The van der Waals surface area contributed by atoms with Crippen LogP contribution >= 0.6 is 0 Å². The maximum Gasteiger partial charge on any atom is 0.0623 e. The van der Waals surface area contributed by atoms with E-state index in [9.17, 15) is 0 Å². The zero-order valence-corrected chi connectivity index (χ0v) is 11.4. The van der Waals surface area contributed by atoms with Gasteiger partial charge in [0, 0.05) is 13.2 Å². The van der Waals surface area contributed by atoms with E-state index in [1.54, 1.807) is 7.11 Å². The molecule has 2 atom stereocenters. The highest BCUT2D eigenvalue weighted by Crippen LogP contribution is 2.20. The van der Waals surface area contributed by atoms with Gasteiger partial charge in [-0.1, -0.05) is 20.3 Å². The predicted octanol–water partition coefficient (Wildman–Crippen LogP) is 3.22. The molecule has 0 radical (unpaired) electrons. The van der Waals surface area contributed by atoms with Crippen molar-refractivity contribution < 1.29 is 4.74 Å². The molecule has 2 heteroatoms. The van der Waals surface area contributed by atoms with Gasteiger partial charge in [0.1, 0.15) is 0 Å². The number of rotatable bonds is 8. The molecule has 0 aliphatic rings. The quantitative estimate of drug-likeness (QED) is 0.671. The average Bonchev–Trinajstić information content (AvgIpc) is 2.23. The summed E-state index contributed by atoms with van der Waals surface area (Å²) in [6.45, 7) is 8.90. The van der Waals surface area contributed by atoms with E-state index in [4.69, 9.17) is 4.74 Å². The fourth-order valence-electron chi connectivity index (χ4n) is 1.66. The topological polar surface area (TPSA) is 21.3 Å². The van der Waals surface area contributed by atoms with E-state index >= 15 is 0 Å². The van der Waals surface area contributed by atoms with E-state index in [0.717, 1.165) is 12.3 Å². The molecule has 0 saturated heterocycles. The fourth-order valence-corrected chi connectivity index (χ4v) is 1.66. The smallest absolute Gasteiger partial charge is 0.0623 e. The number of nitrogens with one attached hydrogen (secondary N) is 1. The van der Waals surface area contributed by atoms with E-state index in [1.807, 2.05) is 0 Å².